The third kappa shape index (κ3) is 2.09. The summed E-state index contributed by atoms with van der Waals surface area (Å²) >= 11 is 0. The largest absolute Gasteiger partial charge is 0.472 e. The van der Waals surface area contributed by atoms with Gasteiger partial charge in [0, 0.05) is 0 Å². The molecule has 0 bridgehead atoms. The van der Waals surface area contributed by atoms with Gasteiger partial charge in [0.15, 0.2) is 0 Å². The molecule has 11 heavy (non-hydrogen) atoms. The molecule has 4 heteroatoms. The summed E-state index contributed by atoms with van der Waals surface area (Å²) < 4.78 is 4.79. The van der Waals surface area contributed by atoms with Gasteiger partial charge in [0.25, 0.3) is 0 Å². The van der Waals surface area contributed by atoms with Crippen molar-refractivity contribution >= 4 is 5.91 Å². The van der Waals surface area contributed by atoms with Crippen molar-refractivity contribution in [3.05, 3.63) is 24.2 Å². The average Bonchev–Trinajstić information content (AvgIpc) is 2.39. The normalized spacial score (nSPS) is 12.8. The standard InChI is InChI=1S/C7H10N2O2/c8-6(7(9)10)3-5-1-2-11-4-5/h1-2,4,6H,3,8H2,(H2,9,10). The molecular formula is C7H10N2O2. The van der Waals surface area contributed by atoms with Crippen molar-refractivity contribution in [3.8, 4) is 0 Å². The summed E-state index contributed by atoms with van der Waals surface area (Å²) in [6.07, 6.45) is 3.51. The zero-order chi connectivity index (χ0) is 8.27. The second-order valence-electron chi connectivity index (χ2n) is 2.34. The van der Waals surface area contributed by atoms with Crippen LogP contribution in [0.3, 0.4) is 0 Å². The Labute approximate surface area is 64.2 Å². The molecule has 0 saturated carbocycles. The van der Waals surface area contributed by atoms with Crippen molar-refractivity contribution in [2.24, 2.45) is 11.5 Å². The minimum absolute atomic E-state index is 0.436. The average molecular weight is 154 g/mol. The number of hydrogen-bond donors (Lipinski definition) is 2. The van der Waals surface area contributed by atoms with Crippen molar-refractivity contribution < 1.29 is 9.21 Å². The number of hydrogen-bond acceptors (Lipinski definition) is 3. The van der Waals surface area contributed by atoms with Gasteiger partial charge in [-0.2, -0.15) is 0 Å². The Kier molecular flexibility index (Phi) is 2.28. The van der Waals surface area contributed by atoms with Gasteiger partial charge in [0.1, 0.15) is 0 Å². The van der Waals surface area contributed by atoms with E-state index in [1.54, 1.807) is 12.3 Å². The first-order chi connectivity index (χ1) is 5.20. The molecule has 1 atom stereocenters. The fourth-order valence-electron chi connectivity index (χ4n) is 0.763. The lowest BCUT2D eigenvalue weighted by atomic mass is 10.1. The van der Waals surface area contributed by atoms with Crippen LogP contribution in [-0.2, 0) is 11.2 Å². The van der Waals surface area contributed by atoms with Crippen LogP contribution in [0.15, 0.2) is 23.0 Å². The van der Waals surface area contributed by atoms with Crippen LogP contribution in [0.1, 0.15) is 5.56 Å². The van der Waals surface area contributed by atoms with Crippen molar-refractivity contribution in [3.63, 3.8) is 0 Å². The highest BCUT2D eigenvalue weighted by molar-refractivity contribution is 5.79. The Hall–Kier alpha value is -1.29. The van der Waals surface area contributed by atoms with Crippen LogP contribution < -0.4 is 11.5 Å². The molecule has 1 aromatic rings. The van der Waals surface area contributed by atoms with E-state index in [2.05, 4.69) is 0 Å². The molecule has 0 aliphatic heterocycles. The summed E-state index contributed by atoms with van der Waals surface area (Å²) in [5, 5.41) is 0. The quantitative estimate of drug-likeness (QED) is 0.623. The van der Waals surface area contributed by atoms with Crippen LogP contribution in [-0.4, -0.2) is 11.9 Å². The number of carbonyl (C=O) groups is 1. The zero-order valence-corrected chi connectivity index (χ0v) is 5.99. The van der Waals surface area contributed by atoms with Crippen LogP contribution in [0.2, 0.25) is 0 Å². The predicted octanol–water partition coefficient (Wildman–Crippen LogP) is -0.365. The van der Waals surface area contributed by atoms with Crippen LogP contribution in [0, 0.1) is 0 Å². The summed E-state index contributed by atoms with van der Waals surface area (Å²) in [6.45, 7) is 0. The van der Waals surface area contributed by atoms with Gasteiger partial charge in [-0.15, -0.1) is 0 Å². The number of primary amides is 1. The van der Waals surface area contributed by atoms with Gasteiger partial charge < -0.3 is 15.9 Å². The first-order valence-corrected chi connectivity index (χ1v) is 3.26. The number of carbonyl (C=O) groups excluding carboxylic acids is 1. The second kappa shape index (κ2) is 3.21. The predicted molar refractivity (Wildman–Crippen MR) is 39.6 cm³/mol. The van der Waals surface area contributed by atoms with Gasteiger partial charge in [0.05, 0.1) is 18.6 Å². The Morgan fingerprint density at radius 1 is 1.73 bits per heavy atom. The fourth-order valence-corrected chi connectivity index (χ4v) is 0.763. The first kappa shape index (κ1) is 7.81. The maximum atomic E-state index is 10.5. The van der Waals surface area contributed by atoms with Gasteiger partial charge in [-0.25, -0.2) is 0 Å². The molecule has 1 rings (SSSR count). The molecule has 0 spiro atoms. The molecule has 1 heterocycles. The van der Waals surface area contributed by atoms with Crippen molar-refractivity contribution in [1.29, 1.82) is 0 Å². The molecule has 0 radical (unpaired) electrons. The lowest BCUT2D eigenvalue weighted by molar-refractivity contribution is -0.119. The SMILES string of the molecule is NC(=O)C(N)Cc1ccoc1. The van der Waals surface area contributed by atoms with E-state index < -0.39 is 11.9 Å². The molecule has 0 aliphatic rings. The lowest BCUT2D eigenvalue weighted by Gasteiger charge is -2.03. The number of nitrogens with two attached hydrogens (primary N) is 2. The molecule has 4 N–H and O–H groups in total. The maximum absolute atomic E-state index is 10.5. The molecule has 60 valence electrons. The van der Waals surface area contributed by atoms with Gasteiger partial charge in [-0.05, 0) is 18.1 Å². The molecule has 1 aromatic heterocycles. The maximum Gasteiger partial charge on any atom is 0.234 e. The van der Waals surface area contributed by atoms with Gasteiger partial charge in [-0.3, -0.25) is 4.79 Å². The molecule has 1 amide bonds. The van der Waals surface area contributed by atoms with E-state index in [1.807, 2.05) is 0 Å². The van der Waals surface area contributed by atoms with E-state index in [9.17, 15) is 4.79 Å². The zero-order valence-electron chi connectivity index (χ0n) is 5.99. The van der Waals surface area contributed by atoms with Crippen molar-refractivity contribution in [1.82, 2.24) is 0 Å². The summed E-state index contributed by atoms with van der Waals surface area (Å²) in [5.41, 5.74) is 11.2. The number of furan rings is 1. The van der Waals surface area contributed by atoms with E-state index in [1.165, 1.54) is 6.26 Å². The summed E-state index contributed by atoms with van der Waals surface area (Å²) in [4.78, 5) is 10.5. The second-order valence-corrected chi connectivity index (χ2v) is 2.34. The smallest absolute Gasteiger partial charge is 0.234 e. The summed E-state index contributed by atoms with van der Waals surface area (Å²) in [7, 11) is 0. The van der Waals surface area contributed by atoms with Crippen LogP contribution >= 0.6 is 0 Å². The Morgan fingerprint density at radius 2 is 2.45 bits per heavy atom. The summed E-state index contributed by atoms with van der Waals surface area (Å²) in [6, 6.07) is 1.13. The van der Waals surface area contributed by atoms with Crippen molar-refractivity contribution in [2.75, 3.05) is 0 Å². The van der Waals surface area contributed by atoms with Crippen molar-refractivity contribution in [2.45, 2.75) is 12.5 Å². The minimum Gasteiger partial charge on any atom is -0.472 e. The van der Waals surface area contributed by atoms with Gasteiger partial charge in [0.2, 0.25) is 5.91 Å². The van der Waals surface area contributed by atoms with Crippen LogP contribution in [0.5, 0.6) is 0 Å². The Bertz CT molecular complexity index is 231. The van der Waals surface area contributed by atoms with Crippen LogP contribution in [0.25, 0.3) is 0 Å². The third-order valence-electron chi connectivity index (χ3n) is 1.40. The lowest BCUT2D eigenvalue weighted by Crippen LogP contribution is -2.37. The summed E-state index contributed by atoms with van der Waals surface area (Å²) in [5.74, 6) is -0.494. The highest BCUT2D eigenvalue weighted by Gasteiger charge is 2.09. The van der Waals surface area contributed by atoms with E-state index in [0.29, 0.717) is 6.42 Å². The first-order valence-electron chi connectivity index (χ1n) is 3.26. The minimum atomic E-state index is -0.618. The van der Waals surface area contributed by atoms with E-state index in [-0.39, 0.29) is 0 Å². The molecular weight excluding hydrogens is 144 g/mol. The number of rotatable bonds is 3. The van der Waals surface area contributed by atoms with E-state index in [0.717, 1.165) is 5.56 Å². The molecule has 0 aliphatic carbocycles. The molecule has 0 saturated heterocycles. The molecule has 0 fully saturated rings. The van der Waals surface area contributed by atoms with Gasteiger partial charge >= 0.3 is 0 Å². The van der Waals surface area contributed by atoms with E-state index >= 15 is 0 Å². The third-order valence-corrected chi connectivity index (χ3v) is 1.40. The Balaban J connectivity index is 2.50. The molecule has 4 nitrogen and oxygen atoms in total. The number of amides is 1. The highest BCUT2D eigenvalue weighted by atomic mass is 16.3. The van der Waals surface area contributed by atoms with Gasteiger partial charge in [-0.1, -0.05) is 0 Å². The molecule has 0 aromatic carbocycles. The fraction of sp³-hybridized carbons (Fsp3) is 0.286. The topological polar surface area (TPSA) is 82.2 Å². The highest BCUT2D eigenvalue weighted by Crippen LogP contribution is 2.02. The Morgan fingerprint density at radius 3 is 2.91 bits per heavy atom. The van der Waals surface area contributed by atoms with E-state index in [4.69, 9.17) is 15.9 Å². The van der Waals surface area contributed by atoms with Crippen LogP contribution in [0.4, 0.5) is 0 Å². The monoisotopic (exact) mass is 154 g/mol. The molecule has 1 unspecified atom stereocenters.